The predicted molar refractivity (Wildman–Crippen MR) is 204 cm³/mol. The van der Waals surface area contributed by atoms with Crippen LogP contribution in [-0.4, -0.2) is 16.4 Å². The zero-order valence-electron chi connectivity index (χ0n) is 27.7. The van der Waals surface area contributed by atoms with Crippen LogP contribution in [0.15, 0.2) is 158 Å². The molecule has 8 aromatic rings. The van der Waals surface area contributed by atoms with Gasteiger partial charge in [0.25, 0.3) is 11.8 Å². The highest BCUT2D eigenvalue weighted by atomic mass is 16.2. The molecule has 0 radical (unpaired) electrons. The second kappa shape index (κ2) is 11.6. The average molecular weight is 645 g/mol. The van der Waals surface area contributed by atoms with E-state index in [1.807, 2.05) is 97.1 Å². The van der Waals surface area contributed by atoms with Gasteiger partial charge in [-0.1, -0.05) is 115 Å². The van der Waals surface area contributed by atoms with Crippen LogP contribution in [0.5, 0.6) is 0 Å². The standard InChI is InChI=1S/C46H32N2O2/c1-29-20-22-37(30(2)24-29)33-21-23-42-40(28-33)38-16-9-10-18-41(38)48(42)43-19-11-17-39-44(43)46(50)47(45(39)49)36-26-34(31-12-5-3-6-13-31)25-35(27-36)32-14-7-4-8-15-32/h3-28H,1-2H3. The normalized spacial score (nSPS) is 12.6. The SMILES string of the molecule is Cc1ccc(-c2ccc3c(c2)c2ccccc2n3-c2cccc3c2C(=O)N(c2cc(-c4ccccc4)cc(-c4ccccc4)c2)C3=O)c(C)c1. The molecule has 238 valence electrons. The van der Waals surface area contributed by atoms with Crippen LogP contribution in [0, 0.1) is 13.8 Å². The average Bonchev–Trinajstić information content (AvgIpc) is 3.62. The maximum atomic E-state index is 14.7. The van der Waals surface area contributed by atoms with Gasteiger partial charge in [0.2, 0.25) is 0 Å². The van der Waals surface area contributed by atoms with Gasteiger partial charge in [-0.15, -0.1) is 0 Å². The lowest BCUT2D eigenvalue weighted by molar-refractivity contribution is 0.0926. The molecule has 0 N–H and O–H groups in total. The van der Waals surface area contributed by atoms with E-state index >= 15 is 0 Å². The molecule has 9 rings (SSSR count). The Morgan fingerprint density at radius 2 is 1.10 bits per heavy atom. The number of fused-ring (bicyclic) bond motifs is 4. The van der Waals surface area contributed by atoms with Crippen molar-refractivity contribution in [2.75, 3.05) is 4.90 Å². The number of hydrogen-bond donors (Lipinski definition) is 0. The smallest absolute Gasteiger partial charge is 0.268 e. The van der Waals surface area contributed by atoms with Crippen molar-refractivity contribution < 1.29 is 9.59 Å². The number of rotatable bonds is 5. The molecule has 0 aliphatic carbocycles. The van der Waals surface area contributed by atoms with Crippen molar-refractivity contribution in [2.45, 2.75) is 13.8 Å². The number of anilines is 1. The Bertz CT molecular complexity index is 2590. The van der Waals surface area contributed by atoms with Crippen molar-refractivity contribution in [3.8, 4) is 39.1 Å². The molecule has 1 aliphatic rings. The first-order chi connectivity index (χ1) is 24.5. The van der Waals surface area contributed by atoms with Gasteiger partial charge < -0.3 is 4.57 Å². The monoisotopic (exact) mass is 644 g/mol. The number of aryl methyl sites for hydroxylation is 2. The minimum Gasteiger partial charge on any atom is -0.308 e. The van der Waals surface area contributed by atoms with E-state index in [0.717, 1.165) is 49.6 Å². The lowest BCUT2D eigenvalue weighted by Crippen LogP contribution is -2.29. The number of carbonyl (C=O) groups excluding carboxylic acids is 2. The number of imide groups is 1. The van der Waals surface area contributed by atoms with Crippen LogP contribution in [0.4, 0.5) is 5.69 Å². The molecule has 7 aromatic carbocycles. The van der Waals surface area contributed by atoms with Gasteiger partial charge in [-0.05, 0) is 101 Å². The van der Waals surface area contributed by atoms with Gasteiger partial charge in [-0.3, -0.25) is 9.59 Å². The maximum absolute atomic E-state index is 14.7. The molecule has 2 amide bonds. The second-order valence-electron chi connectivity index (χ2n) is 13.0. The molecule has 0 saturated carbocycles. The van der Waals surface area contributed by atoms with E-state index in [2.05, 4.69) is 73.0 Å². The predicted octanol–water partition coefficient (Wildman–Crippen LogP) is 11.2. The van der Waals surface area contributed by atoms with Gasteiger partial charge in [0.15, 0.2) is 0 Å². The van der Waals surface area contributed by atoms with Crippen LogP contribution in [0.25, 0.3) is 60.9 Å². The summed E-state index contributed by atoms with van der Waals surface area (Å²) in [5.74, 6) is -0.656. The number of carbonyl (C=O) groups is 2. The Labute approximate surface area is 290 Å². The molecule has 0 atom stereocenters. The molecular weight excluding hydrogens is 613 g/mol. The van der Waals surface area contributed by atoms with E-state index in [1.54, 1.807) is 6.07 Å². The second-order valence-corrected chi connectivity index (χ2v) is 13.0. The number of nitrogens with zero attached hydrogens (tertiary/aromatic N) is 2. The van der Waals surface area contributed by atoms with Crippen LogP contribution in [0.3, 0.4) is 0 Å². The summed E-state index contributed by atoms with van der Waals surface area (Å²) in [5, 5.41) is 2.18. The number of hydrogen-bond acceptors (Lipinski definition) is 2. The summed E-state index contributed by atoms with van der Waals surface area (Å²) >= 11 is 0. The Balaban J connectivity index is 1.22. The van der Waals surface area contributed by atoms with Crippen molar-refractivity contribution in [2.24, 2.45) is 0 Å². The quantitative estimate of drug-likeness (QED) is 0.175. The van der Waals surface area contributed by atoms with E-state index in [1.165, 1.54) is 21.6 Å². The molecule has 4 heteroatoms. The van der Waals surface area contributed by atoms with E-state index in [0.29, 0.717) is 22.5 Å². The lowest BCUT2D eigenvalue weighted by atomic mass is 9.97. The van der Waals surface area contributed by atoms with Crippen molar-refractivity contribution >= 4 is 39.3 Å². The summed E-state index contributed by atoms with van der Waals surface area (Å²) in [7, 11) is 0. The maximum Gasteiger partial charge on any atom is 0.268 e. The minimum atomic E-state index is -0.331. The van der Waals surface area contributed by atoms with E-state index < -0.39 is 0 Å². The highest BCUT2D eigenvalue weighted by Gasteiger charge is 2.39. The summed E-state index contributed by atoms with van der Waals surface area (Å²) in [4.78, 5) is 30.3. The number of para-hydroxylation sites is 1. The van der Waals surface area contributed by atoms with Crippen LogP contribution in [-0.2, 0) is 0 Å². The topological polar surface area (TPSA) is 42.3 Å². The fraction of sp³-hybridized carbons (Fsp3) is 0.0435. The highest BCUT2D eigenvalue weighted by molar-refractivity contribution is 6.36. The van der Waals surface area contributed by atoms with Gasteiger partial charge in [-0.25, -0.2) is 4.90 Å². The Hall–Kier alpha value is -6.52. The zero-order valence-corrected chi connectivity index (χ0v) is 27.7. The van der Waals surface area contributed by atoms with Crippen LogP contribution in [0.1, 0.15) is 31.8 Å². The largest absolute Gasteiger partial charge is 0.308 e. The van der Waals surface area contributed by atoms with Crippen LogP contribution < -0.4 is 4.90 Å². The summed E-state index contributed by atoms with van der Waals surface area (Å²) in [6, 6.07) is 53.1. The summed E-state index contributed by atoms with van der Waals surface area (Å²) in [6.45, 7) is 4.26. The molecule has 0 bridgehead atoms. The third kappa shape index (κ3) is 4.68. The van der Waals surface area contributed by atoms with Crippen molar-refractivity contribution in [1.82, 2.24) is 4.57 Å². The molecule has 1 aromatic heterocycles. The number of amides is 2. The van der Waals surface area contributed by atoms with E-state index in [9.17, 15) is 9.59 Å². The van der Waals surface area contributed by atoms with Gasteiger partial charge in [0.05, 0.1) is 33.5 Å². The fourth-order valence-electron chi connectivity index (χ4n) is 7.56. The Morgan fingerprint density at radius 1 is 0.440 bits per heavy atom. The van der Waals surface area contributed by atoms with Crippen molar-refractivity contribution in [1.29, 1.82) is 0 Å². The fourth-order valence-corrected chi connectivity index (χ4v) is 7.56. The molecule has 0 saturated heterocycles. The van der Waals surface area contributed by atoms with Crippen LogP contribution >= 0.6 is 0 Å². The highest BCUT2D eigenvalue weighted by Crippen LogP contribution is 2.41. The molecule has 0 spiro atoms. The van der Waals surface area contributed by atoms with Crippen LogP contribution in [0.2, 0.25) is 0 Å². The molecule has 0 unspecified atom stereocenters. The Morgan fingerprint density at radius 3 is 1.80 bits per heavy atom. The Kier molecular flexibility index (Phi) is 6.85. The molecule has 1 aliphatic heterocycles. The minimum absolute atomic E-state index is 0.325. The summed E-state index contributed by atoms with van der Waals surface area (Å²) in [5.41, 5.74) is 12.7. The first kappa shape index (κ1) is 29.6. The lowest BCUT2D eigenvalue weighted by Gasteiger charge is -2.18. The molecule has 0 fully saturated rings. The zero-order chi connectivity index (χ0) is 33.9. The number of benzene rings is 7. The van der Waals surface area contributed by atoms with Gasteiger partial charge in [-0.2, -0.15) is 0 Å². The van der Waals surface area contributed by atoms with Gasteiger partial charge in [0.1, 0.15) is 0 Å². The van der Waals surface area contributed by atoms with Crippen molar-refractivity contribution in [3.05, 3.63) is 180 Å². The first-order valence-corrected chi connectivity index (χ1v) is 16.9. The number of aromatic nitrogens is 1. The third-order valence-corrected chi connectivity index (χ3v) is 9.89. The van der Waals surface area contributed by atoms with Gasteiger partial charge in [0, 0.05) is 10.8 Å². The molecule has 2 heterocycles. The molecule has 4 nitrogen and oxygen atoms in total. The van der Waals surface area contributed by atoms with Crippen molar-refractivity contribution in [3.63, 3.8) is 0 Å². The first-order valence-electron chi connectivity index (χ1n) is 16.9. The van der Waals surface area contributed by atoms with Gasteiger partial charge >= 0.3 is 0 Å². The molecule has 50 heavy (non-hydrogen) atoms. The molecular formula is C46H32N2O2. The summed E-state index contributed by atoms with van der Waals surface area (Å²) < 4.78 is 2.14. The van der Waals surface area contributed by atoms with E-state index in [-0.39, 0.29) is 11.8 Å². The van der Waals surface area contributed by atoms with E-state index in [4.69, 9.17) is 0 Å². The third-order valence-electron chi connectivity index (χ3n) is 9.89. The summed E-state index contributed by atoms with van der Waals surface area (Å²) in [6.07, 6.45) is 0.